The van der Waals surface area contributed by atoms with E-state index in [2.05, 4.69) is 15.6 Å². The van der Waals surface area contributed by atoms with Gasteiger partial charge < -0.3 is 16.4 Å². The van der Waals surface area contributed by atoms with Crippen molar-refractivity contribution < 1.29 is 14.0 Å². The van der Waals surface area contributed by atoms with E-state index in [1.807, 2.05) is 0 Å². The van der Waals surface area contributed by atoms with Gasteiger partial charge in [0.1, 0.15) is 21.8 Å². The van der Waals surface area contributed by atoms with Gasteiger partial charge in [0, 0.05) is 11.6 Å². The van der Waals surface area contributed by atoms with E-state index in [0.717, 1.165) is 0 Å². The first-order chi connectivity index (χ1) is 15.6. The molecule has 1 aliphatic rings. The summed E-state index contributed by atoms with van der Waals surface area (Å²) in [6.07, 6.45) is 0. The molecule has 0 spiro atoms. The van der Waals surface area contributed by atoms with Crippen LogP contribution in [0.2, 0.25) is 10.0 Å². The Hall–Kier alpha value is -2.58. The van der Waals surface area contributed by atoms with Crippen molar-refractivity contribution in [1.29, 1.82) is 0 Å². The Balaban J connectivity index is 1.50. The molecule has 11 heteroatoms. The van der Waals surface area contributed by atoms with Crippen LogP contribution in [0.15, 0.2) is 54.6 Å². The molecule has 4 rings (SSSR count). The Morgan fingerprint density at radius 2 is 1.76 bits per heavy atom. The number of pyridine rings is 1. The van der Waals surface area contributed by atoms with Crippen LogP contribution in [0.3, 0.4) is 0 Å². The van der Waals surface area contributed by atoms with Crippen molar-refractivity contribution in [2.45, 2.75) is 10.3 Å². The third-order valence-corrected chi connectivity index (χ3v) is 6.69. The zero-order valence-electron chi connectivity index (χ0n) is 16.6. The largest absolute Gasteiger partial charge is 0.384 e. The number of nitrogens with one attached hydrogen (secondary N) is 2. The van der Waals surface area contributed by atoms with E-state index in [9.17, 15) is 14.0 Å². The predicted molar refractivity (Wildman–Crippen MR) is 129 cm³/mol. The first-order valence-electron chi connectivity index (χ1n) is 9.55. The van der Waals surface area contributed by atoms with Crippen LogP contribution in [0.25, 0.3) is 0 Å². The number of anilines is 3. The average Bonchev–Trinajstić information content (AvgIpc) is 3.33. The van der Waals surface area contributed by atoms with Gasteiger partial charge in [-0.25, -0.2) is 9.37 Å². The molecule has 0 saturated heterocycles. The van der Waals surface area contributed by atoms with E-state index in [-0.39, 0.29) is 27.2 Å². The van der Waals surface area contributed by atoms with Gasteiger partial charge >= 0.3 is 0 Å². The van der Waals surface area contributed by atoms with Crippen molar-refractivity contribution in [3.05, 3.63) is 81.6 Å². The van der Waals surface area contributed by atoms with Crippen molar-refractivity contribution in [2.24, 2.45) is 5.92 Å². The molecule has 0 radical (unpaired) electrons. The highest BCUT2D eigenvalue weighted by atomic mass is 35.5. The fourth-order valence-corrected chi connectivity index (χ4v) is 4.70. The summed E-state index contributed by atoms with van der Waals surface area (Å²) in [5, 5.41) is 5.36. The van der Waals surface area contributed by atoms with Crippen LogP contribution in [-0.2, 0) is 4.79 Å². The Bertz CT molecular complexity index is 1270. The Labute approximate surface area is 208 Å². The number of benzene rings is 2. The summed E-state index contributed by atoms with van der Waals surface area (Å²) in [7, 11) is 0. The lowest BCUT2D eigenvalue weighted by molar-refractivity contribution is -0.117. The molecule has 1 fully saturated rings. The summed E-state index contributed by atoms with van der Waals surface area (Å²) < 4.78 is 12.1. The Morgan fingerprint density at radius 3 is 2.45 bits per heavy atom. The molecule has 170 valence electrons. The van der Waals surface area contributed by atoms with Gasteiger partial charge in [-0.3, -0.25) is 9.59 Å². The second-order valence-corrected chi connectivity index (χ2v) is 9.65. The summed E-state index contributed by atoms with van der Waals surface area (Å²) in [5.74, 6) is -2.50. The highest BCUT2D eigenvalue weighted by Crippen LogP contribution is 2.65. The van der Waals surface area contributed by atoms with E-state index >= 15 is 0 Å². The number of hydrogen-bond acceptors (Lipinski definition) is 4. The van der Waals surface area contributed by atoms with E-state index < -0.39 is 33.8 Å². The second-order valence-electron chi connectivity index (χ2n) is 7.39. The highest BCUT2D eigenvalue weighted by Gasteiger charge is 2.67. The number of nitrogens with zero attached hydrogens (tertiary/aromatic N) is 1. The first-order valence-corrected chi connectivity index (χ1v) is 11.1. The van der Waals surface area contributed by atoms with Crippen molar-refractivity contribution in [2.75, 3.05) is 16.4 Å². The second kappa shape index (κ2) is 8.99. The molecule has 2 atom stereocenters. The van der Waals surface area contributed by atoms with Gasteiger partial charge in [-0.2, -0.15) is 0 Å². The molecule has 1 saturated carbocycles. The standard InChI is InChI=1S/C22H15Cl4FN4O2/c23-13-6-5-11(9-12(13)20(32)31-17-3-1-2-16(28)30-17)29-21(33)19-18(22(19,25)26)10-4-7-15(27)14(24)8-10/h1-9,18-19H,(H,29,33)(H3,28,30,31,32)/t18-,19+/m0/s1. The maximum absolute atomic E-state index is 13.5. The minimum atomic E-state index is -1.39. The molecule has 33 heavy (non-hydrogen) atoms. The zero-order chi connectivity index (χ0) is 23.9. The summed E-state index contributed by atoms with van der Waals surface area (Å²) in [6.45, 7) is 0. The van der Waals surface area contributed by atoms with Gasteiger partial charge in [0.15, 0.2) is 0 Å². The van der Waals surface area contributed by atoms with E-state index in [1.165, 1.54) is 36.4 Å². The topological polar surface area (TPSA) is 97.1 Å². The number of aromatic nitrogens is 1. The third-order valence-electron chi connectivity index (χ3n) is 5.13. The van der Waals surface area contributed by atoms with Gasteiger partial charge in [0.25, 0.3) is 5.91 Å². The number of halogens is 5. The lowest BCUT2D eigenvalue weighted by Crippen LogP contribution is -2.18. The fraction of sp³-hybridized carbons (Fsp3) is 0.136. The van der Waals surface area contributed by atoms with Gasteiger partial charge in [-0.15, -0.1) is 23.2 Å². The molecular formula is C22H15Cl4FN4O2. The smallest absolute Gasteiger partial charge is 0.258 e. The predicted octanol–water partition coefficient (Wildman–Crippen LogP) is 5.89. The lowest BCUT2D eigenvalue weighted by atomic mass is 10.1. The number of nitrogen functional groups attached to an aromatic ring is 1. The number of alkyl halides is 2. The maximum atomic E-state index is 13.5. The van der Waals surface area contributed by atoms with Crippen LogP contribution in [-0.4, -0.2) is 21.1 Å². The number of amides is 2. The van der Waals surface area contributed by atoms with E-state index in [4.69, 9.17) is 52.1 Å². The number of hydrogen-bond donors (Lipinski definition) is 3. The molecule has 1 heterocycles. The molecule has 2 amide bonds. The van der Waals surface area contributed by atoms with Gasteiger partial charge in [0.05, 0.1) is 21.5 Å². The van der Waals surface area contributed by atoms with Gasteiger partial charge in [-0.05, 0) is 48.0 Å². The van der Waals surface area contributed by atoms with Crippen LogP contribution >= 0.6 is 46.4 Å². The molecule has 0 bridgehead atoms. The fourth-order valence-electron chi connectivity index (χ4n) is 3.48. The minimum absolute atomic E-state index is 0.0919. The first kappa shape index (κ1) is 23.6. The molecular weight excluding hydrogens is 513 g/mol. The molecule has 6 nitrogen and oxygen atoms in total. The minimum Gasteiger partial charge on any atom is -0.384 e. The SMILES string of the molecule is Nc1cccc(NC(=O)c2cc(NC(=O)[C@H]3[C@H](c4ccc(F)c(Cl)c4)C3(Cl)Cl)ccc2Cl)n1. The van der Waals surface area contributed by atoms with Crippen LogP contribution in [0.1, 0.15) is 21.8 Å². The monoisotopic (exact) mass is 526 g/mol. The zero-order valence-corrected chi connectivity index (χ0v) is 19.6. The van der Waals surface area contributed by atoms with Crippen LogP contribution in [0.4, 0.5) is 21.7 Å². The molecule has 2 aromatic carbocycles. The number of carbonyl (C=O) groups is 2. The summed E-state index contributed by atoms with van der Waals surface area (Å²) in [4.78, 5) is 29.5. The van der Waals surface area contributed by atoms with Gasteiger partial charge in [0.2, 0.25) is 5.91 Å². The third kappa shape index (κ3) is 4.87. The Kier molecular flexibility index (Phi) is 6.42. The van der Waals surface area contributed by atoms with Crippen LogP contribution < -0.4 is 16.4 Å². The number of carbonyl (C=O) groups excluding carboxylic acids is 2. The highest BCUT2D eigenvalue weighted by molar-refractivity contribution is 6.53. The molecule has 1 aromatic heterocycles. The van der Waals surface area contributed by atoms with Crippen molar-refractivity contribution >= 4 is 75.5 Å². The van der Waals surface area contributed by atoms with Crippen molar-refractivity contribution in [3.8, 4) is 0 Å². The van der Waals surface area contributed by atoms with Crippen LogP contribution in [0.5, 0.6) is 0 Å². The molecule has 0 unspecified atom stereocenters. The van der Waals surface area contributed by atoms with E-state index in [1.54, 1.807) is 18.2 Å². The normalized spacial score (nSPS) is 18.5. The molecule has 4 N–H and O–H groups in total. The quantitative estimate of drug-likeness (QED) is 0.360. The number of nitrogens with two attached hydrogens (primary N) is 1. The molecule has 3 aromatic rings. The summed E-state index contributed by atoms with van der Waals surface area (Å²) in [5.41, 5.74) is 6.58. The van der Waals surface area contributed by atoms with Crippen molar-refractivity contribution in [3.63, 3.8) is 0 Å². The molecule has 1 aliphatic carbocycles. The number of rotatable bonds is 5. The maximum Gasteiger partial charge on any atom is 0.258 e. The van der Waals surface area contributed by atoms with Gasteiger partial charge in [-0.1, -0.05) is 35.3 Å². The van der Waals surface area contributed by atoms with Crippen LogP contribution in [0, 0.1) is 11.7 Å². The Morgan fingerprint density at radius 1 is 1.00 bits per heavy atom. The van der Waals surface area contributed by atoms with E-state index in [0.29, 0.717) is 11.3 Å². The van der Waals surface area contributed by atoms with Crippen molar-refractivity contribution in [1.82, 2.24) is 4.98 Å². The lowest BCUT2D eigenvalue weighted by Gasteiger charge is -2.10. The molecule has 0 aliphatic heterocycles. The summed E-state index contributed by atoms with van der Waals surface area (Å²) in [6, 6.07) is 13.3. The average molecular weight is 528 g/mol. The summed E-state index contributed by atoms with van der Waals surface area (Å²) >= 11 is 24.7.